The van der Waals surface area contributed by atoms with Gasteiger partial charge in [-0.3, -0.25) is 14.5 Å². The Balaban J connectivity index is 1.86. The van der Waals surface area contributed by atoms with Crippen molar-refractivity contribution in [2.75, 3.05) is 39.3 Å². The Bertz CT molecular complexity index is 549. The van der Waals surface area contributed by atoms with Gasteiger partial charge in [0, 0.05) is 48.8 Å². The van der Waals surface area contributed by atoms with Crippen LogP contribution in [0.2, 0.25) is 0 Å². The van der Waals surface area contributed by atoms with E-state index in [-0.39, 0.29) is 18.3 Å². The number of hydrogen-bond donors (Lipinski definition) is 1. The number of aliphatic hydroxyl groups excluding tert-OH is 1. The second-order valence-corrected chi connectivity index (χ2v) is 6.01. The molecule has 0 spiro atoms. The van der Waals surface area contributed by atoms with Gasteiger partial charge >= 0.3 is 0 Å². The maximum atomic E-state index is 12.1. The van der Waals surface area contributed by atoms with Gasteiger partial charge in [-0.25, -0.2) is 0 Å². The Morgan fingerprint density at radius 3 is 2.32 bits per heavy atom. The van der Waals surface area contributed by atoms with E-state index in [1.54, 1.807) is 29.2 Å². The van der Waals surface area contributed by atoms with Gasteiger partial charge in [-0.05, 0) is 30.3 Å². The van der Waals surface area contributed by atoms with Crippen LogP contribution in [-0.4, -0.2) is 65.9 Å². The number of carbonyl (C=O) groups excluding carboxylic acids is 2. The largest absolute Gasteiger partial charge is 0.395 e. The minimum atomic E-state index is -0.181. The molecule has 5 nitrogen and oxygen atoms in total. The molecule has 0 aliphatic carbocycles. The molecule has 1 aliphatic heterocycles. The average Bonchev–Trinajstić information content (AvgIpc) is 2.54. The van der Waals surface area contributed by atoms with Gasteiger partial charge in [0.2, 0.25) is 5.91 Å². The van der Waals surface area contributed by atoms with E-state index in [2.05, 4.69) is 20.8 Å². The lowest BCUT2D eigenvalue weighted by Gasteiger charge is -2.33. The van der Waals surface area contributed by atoms with Crippen molar-refractivity contribution in [2.45, 2.75) is 0 Å². The molecule has 0 unspecified atom stereocenters. The molecule has 1 aromatic carbocycles. The number of β-amino-alcohol motifs (C(OH)–C–C–N with tert-alkyl or cyclic N) is 1. The number of ketones is 1. The molecule has 0 atom stereocenters. The van der Waals surface area contributed by atoms with E-state index in [1.807, 2.05) is 0 Å². The molecule has 2 rings (SSSR count). The number of benzene rings is 1. The molecular formula is C16H19BrN2O3. The minimum absolute atomic E-state index is 0.134. The lowest BCUT2D eigenvalue weighted by Crippen LogP contribution is -2.48. The van der Waals surface area contributed by atoms with E-state index in [9.17, 15) is 9.59 Å². The topological polar surface area (TPSA) is 60.9 Å². The number of rotatable bonds is 5. The zero-order valence-corrected chi connectivity index (χ0v) is 13.8. The van der Waals surface area contributed by atoms with Crippen LogP contribution < -0.4 is 0 Å². The summed E-state index contributed by atoms with van der Waals surface area (Å²) in [4.78, 5) is 27.9. The summed E-state index contributed by atoms with van der Waals surface area (Å²) in [6, 6.07) is 7.02. The molecular weight excluding hydrogens is 348 g/mol. The van der Waals surface area contributed by atoms with Crippen LogP contribution in [0.1, 0.15) is 10.4 Å². The van der Waals surface area contributed by atoms with Gasteiger partial charge in [0.25, 0.3) is 0 Å². The summed E-state index contributed by atoms with van der Waals surface area (Å²) in [6.45, 7) is 3.52. The fourth-order valence-corrected chi connectivity index (χ4v) is 2.56. The fraction of sp³-hybridized carbons (Fsp3) is 0.375. The molecule has 22 heavy (non-hydrogen) atoms. The zero-order valence-electron chi connectivity index (χ0n) is 12.2. The number of amides is 1. The van der Waals surface area contributed by atoms with E-state index in [0.717, 1.165) is 17.6 Å². The Morgan fingerprint density at radius 1 is 1.09 bits per heavy atom. The third-order valence-electron chi connectivity index (χ3n) is 3.61. The number of carbonyl (C=O) groups is 2. The molecule has 1 N–H and O–H groups in total. The highest BCUT2D eigenvalue weighted by molar-refractivity contribution is 9.10. The summed E-state index contributed by atoms with van der Waals surface area (Å²) >= 11 is 3.32. The molecule has 1 amide bonds. The number of aliphatic hydroxyl groups is 1. The molecule has 1 saturated heterocycles. The molecule has 6 heteroatoms. The average molecular weight is 367 g/mol. The van der Waals surface area contributed by atoms with Crippen molar-refractivity contribution in [3.05, 3.63) is 46.5 Å². The molecule has 0 saturated carbocycles. The Hall–Kier alpha value is -1.50. The standard InChI is InChI=1S/C16H19BrN2O3/c17-14-3-1-13(2-4-14)15(21)5-6-16(22)19-9-7-18(8-10-19)11-12-20/h1-6,20H,7-12H2/b6-5+. The van der Waals surface area contributed by atoms with Crippen molar-refractivity contribution in [1.29, 1.82) is 0 Å². The highest BCUT2D eigenvalue weighted by atomic mass is 79.9. The predicted octanol–water partition coefficient (Wildman–Crippen LogP) is 1.32. The number of nitrogens with zero attached hydrogens (tertiary/aromatic N) is 2. The zero-order chi connectivity index (χ0) is 15.9. The van der Waals surface area contributed by atoms with Gasteiger partial charge in [-0.1, -0.05) is 15.9 Å². The number of piperazine rings is 1. The van der Waals surface area contributed by atoms with Gasteiger partial charge in [0.15, 0.2) is 5.78 Å². The second kappa shape index (κ2) is 8.22. The van der Waals surface area contributed by atoms with Gasteiger partial charge in [0.1, 0.15) is 0 Å². The number of allylic oxidation sites excluding steroid dienone is 1. The predicted molar refractivity (Wildman–Crippen MR) is 87.7 cm³/mol. The lowest BCUT2D eigenvalue weighted by atomic mass is 10.1. The van der Waals surface area contributed by atoms with Crippen LogP contribution in [0.4, 0.5) is 0 Å². The monoisotopic (exact) mass is 366 g/mol. The number of hydrogen-bond acceptors (Lipinski definition) is 4. The molecule has 0 aromatic heterocycles. The highest BCUT2D eigenvalue weighted by Crippen LogP contribution is 2.11. The first kappa shape index (κ1) is 16.9. The van der Waals surface area contributed by atoms with Crippen LogP contribution in [0.25, 0.3) is 0 Å². The van der Waals surface area contributed by atoms with Gasteiger partial charge in [-0.15, -0.1) is 0 Å². The summed E-state index contributed by atoms with van der Waals surface area (Å²) in [6.07, 6.45) is 2.66. The van der Waals surface area contributed by atoms with Gasteiger partial charge < -0.3 is 10.0 Å². The molecule has 1 aromatic rings. The van der Waals surface area contributed by atoms with Crippen LogP contribution in [0.3, 0.4) is 0 Å². The minimum Gasteiger partial charge on any atom is -0.395 e. The first-order valence-electron chi connectivity index (χ1n) is 7.20. The second-order valence-electron chi connectivity index (χ2n) is 5.10. The quantitative estimate of drug-likeness (QED) is 0.630. The third-order valence-corrected chi connectivity index (χ3v) is 4.13. The van der Waals surface area contributed by atoms with Crippen molar-refractivity contribution in [1.82, 2.24) is 9.80 Å². The van der Waals surface area contributed by atoms with Crippen molar-refractivity contribution in [3.8, 4) is 0 Å². The maximum Gasteiger partial charge on any atom is 0.246 e. The Kier molecular flexibility index (Phi) is 6.30. The third kappa shape index (κ3) is 4.76. The van der Waals surface area contributed by atoms with Crippen LogP contribution in [0.5, 0.6) is 0 Å². The van der Waals surface area contributed by atoms with Crippen molar-refractivity contribution >= 4 is 27.6 Å². The van der Waals surface area contributed by atoms with E-state index in [0.29, 0.717) is 25.2 Å². The molecule has 0 bridgehead atoms. The molecule has 1 fully saturated rings. The van der Waals surface area contributed by atoms with Gasteiger partial charge in [0.05, 0.1) is 6.61 Å². The first-order chi connectivity index (χ1) is 10.6. The molecule has 1 aliphatic rings. The van der Waals surface area contributed by atoms with Crippen molar-refractivity contribution in [2.24, 2.45) is 0 Å². The molecule has 118 valence electrons. The maximum absolute atomic E-state index is 12.1. The normalized spacial score (nSPS) is 16.2. The van der Waals surface area contributed by atoms with Crippen molar-refractivity contribution < 1.29 is 14.7 Å². The van der Waals surface area contributed by atoms with E-state index in [1.165, 1.54) is 12.2 Å². The van der Waals surface area contributed by atoms with E-state index < -0.39 is 0 Å². The van der Waals surface area contributed by atoms with Crippen LogP contribution in [0.15, 0.2) is 40.9 Å². The smallest absolute Gasteiger partial charge is 0.246 e. The van der Waals surface area contributed by atoms with Crippen LogP contribution >= 0.6 is 15.9 Å². The van der Waals surface area contributed by atoms with Gasteiger partial charge in [-0.2, -0.15) is 0 Å². The molecule has 1 heterocycles. The van der Waals surface area contributed by atoms with Crippen LogP contribution in [0, 0.1) is 0 Å². The Morgan fingerprint density at radius 2 is 1.73 bits per heavy atom. The summed E-state index contributed by atoms with van der Waals surface area (Å²) in [5.41, 5.74) is 0.556. The van der Waals surface area contributed by atoms with E-state index in [4.69, 9.17) is 5.11 Å². The summed E-state index contributed by atoms with van der Waals surface area (Å²) in [5, 5.41) is 8.89. The number of halogens is 1. The first-order valence-corrected chi connectivity index (χ1v) is 7.99. The SMILES string of the molecule is O=C(/C=C/C(=O)N1CCN(CCO)CC1)c1ccc(Br)cc1. The Labute approximate surface area is 138 Å². The lowest BCUT2D eigenvalue weighted by molar-refractivity contribution is -0.127. The fourth-order valence-electron chi connectivity index (χ4n) is 2.30. The summed E-state index contributed by atoms with van der Waals surface area (Å²) < 4.78 is 0.907. The summed E-state index contributed by atoms with van der Waals surface area (Å²) in [5.74, 6) is -0.325. The van der Waals surface area contributed by atoms with Crippen molar-refractivity contribution in [3.63, 3.8) is 0 Å². The highest BCUT2D eigenvalue weighted by Gasteiger charge is 2.19. The van der Waals surface area contributed by atoms with E-state index >= 15 is 0 Å². The molecule has 0 radical (unpaired) electrons. The summed E-state index contributed by atoms with van der Waals surface area (Å²) in [7, 11) is 0. The van der Waals surface area contributed by atoms with Crippen LogP contribution in [-0.2, 0) is 4.79 Å².